The molecular formula is C18H15F3N2O3S2. The molecule has 0 unspecified atom stereocenters. The Labute approximate surface area is 163 Å². The highest BCUT2D eigenvalue weighted by atomic mass is 32.2. The van der Waals surface area contributed by atoms with E-state index in [1.54, 1.807) is 0 Å². The molecule has 0 saturated carbocycles. The molecule has 2 aromatic carbocycles. The van der Waals surface area contributed by atoms with E-state index in [2.05, 4.69) is 14.4 Å². The minimum Gasteiger partial charge on any atom is -0.406 e. The van der Waals surface area contributed by atoms with Crippen LogP contribution >= 0.6 is 11.3 Å². The molecule has 1 N–H and O–H groups in total. The molecule has 3 rings (SSSR count). The second-order valence-electron chi connectivity index (χ2n) is 5.64. The highest BCUT2D eigenvalue weighted by Gasteiger charge is 2.31. The lowest BCUT2D eigenvalue weighted by Crippen LogP contribution is -2.17. The number of sulfonamides is 1. The number of hydrogen-bond donors (Lipinski definition) is 1. The first-order chi connectivity index (χ1) is 13.2. The molecule has 0 fully saturated rings. The molecule has 0 radical (unpaired) electrons. The standard InChI is InChI=1S/C18H15F3N2O3S2/c1-2-15-16(12-6-4-3-5-7-12)22-17(27-15)23-28(24,25)14-10-8-13(9-11-14)26-18(19,20)21/h3-11H,2H2,1H3,(H,22,23). The number of aromatic nitrogens is 1. The molecule has 5 nitrogen and oxygen atoms in total. The zero-order valence-corrected chi connectivity index (χ0v) is 16.2. The highest BCUT2D eigenvalue weighted by Crippen LogP contribution is 2.33. The lowest BCUT2D eigenvalue weighted by molar-refractivity contribution is -0.274. The van der Waals surface area contributed by atoms with Crippen molar-refractivity contribution < 1.29 is 26.3 Å². The molecule has 0 aliphatic carbocycles. The maximum Gasteiger partial charge on any atom is 0.573 e. The van der Waals surface area contributed by atoms with E-state index in [1.165, 1.54) is 11.3 Å². The van der Waals surface area contributed by atoms with Gasteiger partial charge in [-0.15, -0.1) is 24.5 Å². The van der Waals surface area contributed by atoms with E-state index in [0.29, 0.717) is 12.1 Å². The number of ether oxygens (including phenoxy) is 1. The Balaban J connectivity index is 1.84. The SMILES string of the molecule is CCc1sc(NS(=O)(=O)c2ccc(OC(F)(F)F)cc2)nc1-c1ccccc1. The van der Waals surface area contributed by atoms with Crippen LogP contribution in [0, 0.1) is 0 Å². The molecule has 3 aromatic rings. The minimum absolute atomic E-state index is 0.186. The van der Waals surface area contributed by atoms with Crippen molar-refractivity contribution in [2.75, 3.05) is 4.72 Å². The Morgan fingerprint density at radius 1 is 1.07 bits per heavy atom. The van der Waals surface area contributed by atoms with Crippen molar-refractivity contribution in [2.24, 2.45) is 0 Å². The van der Waals surface area contributed by atoms with Crippen molar-refractivity contribution in [2.45, 2.75) is 24.6 Å². The van der Waals surface area contributed by atoms with E-state index < -0.39 is 22.1 Å². The quantitative estimate of drug-likeness (QED) is 0.595. The van der Waals surface area contributed by atoms with Gasteiger partial charge in [-0.05, 0) is 30.7 Å². The summed E-state index contributed by atoms with van der Waals surface area (Å²) in [6, 6.07) is 13.3. The monoisotopic (exact) mass is 428 g/mol. The molecule has 0 amide bonds. The van der Waals surface area contributed by atoms with Crippen molar-refractivity contribution in [1.29, 1.82) is 0 Å². The first kappa shape index (κ1) is 20.2. The summed E-state index contributed by atoms with van der Waals surface area (Å²) in [5.41, 5.74) is 1.56. The average molecular weight is 428 g/mol. The Morgan fingerprint density at radius 2 is 1.71 bits per heavy atom. The van der Waals surface area contributed by atoms with Crippen molar-refractivity contribution in [3.8, 4) is 17.0 Å². The van der Waals surface area contributed by atoms with Gasteiger partial charge >= 0.3 is 6.36 Å². The lowest BCUT2D eigenvalue weighted by Gasteiger charge is -2.09. The topological polar surface area (TPSA) is 68.3 Å². The van der Waals surface area contributed by atoms with Crippen LogP contribution in [0.15, 0.2) is 59.5 Å². The summed E-state index contributed by atoms with van der Waals surface area (Å²) in [4.78, 5) is 5.10. The maximum atomic E-state index is 12.5. The van der Waals surface area contributed by atoms with Gasteiger partial charge in [0.1, 0.15) is 5.75 Å². The largest absolute Gasteiger partial charge is 0.573 e. The van der Waals surface area contributed by atoms with Crippen LogP contribution in [0.25, 0.3) is 11.3 Å². The predicted octanol–water partition coefficient (Wildman–Crippen LogP) is 5.07. The summed E-state index contributed by atoms with van der Waals surface area (Å²) in [5.74, 6) is -0.500. The molecule has 0 aliphatic rings. The Morgan fingerprint density at radius 3 is 2.29 bits per heavy atom. The van der Waals surface area contributed by atoms with Crippen LogP contribution in [0.2, 0.25) is 0 Å². The summed E-state index contributed by atoms with van der Waals surface area (Å²) in [7, 11) is -4.01. The van der Waals surface area contributed by atoms with Gasteiger partial charge < -0.3 is 4.74 Å². The number of rotatable bonds is 6. The molecule has 28 heavy (non-hydrogen) atoms. The number of anilines is 1. The Kier molecular flexibility index (Phi) is 5.61. The zero-order valence-electron chi connectivity index (χ0n) is 14.5. The molecule has 1 heterocycles. The zero-order chi connectivity index (χ0) is 20.4. The lowest BCUT2D eigenvalue weighted by atomic mass is 10.1. The minimum atomic E-state index is -4.84. The van der Waals surface area contributed by atoms with E-state index >= 15 is 0 Å². The fourth-order valence-electron chi connectivity index (χ4n) is 2.45. The number of nitrogens with zero attached hydrogens (tertiary/aromatic N) is 1. The van der Waals surface area contributed by atoms with E-state index in [1.807, 2.05) is 37.3 Å². The fourth-order valence-corrected chi connectivity index (χ4v) is 4.61. The van der Waals surface area contributed by atoms with Gasteiger partial charge in [0.2, 0.25) is 0 Å². The number of nitrogens with one attached hydrogen (secondary N) is 1. The number of thiazole rings is 1. The Bertz CT molecular complexity index is 1050. The molecule has 0 saturated heterocycles. The third-order valence-corrected chi connectivity index (χ3v) is 6.25. The highest BCUT2D eigenvalue weighted by molar-refractivity contribution is 7.93. The van der Waals surface area contributed by atoms with E-state index in [9.17, 15) is 21.6 Å². The van der Waals surface area contributed by atoms with Crippen LogP contribution in [0.3, 0.4) is 0 Å². The second-order valence-corrected chi connectivity index (χ2v) is 8.40. The summed E-state index contributed by atoms with van der Waals surface area (Å²) >= 11 is 1.21. The van der Waals surface area contributed by atoms with E-state index in [0.717, 1.165) is 34.7 Å². The number of hydrogen-bond acceptors (Lipinski definition) is 5. The molecule has 10 heteroatoms. The summed E-state index contributed by atoms with van der Waals surface area (Å²) in [6.45, 7) is 1.94. The fraction of sp³-hybridized carbons (Fsp3) is 0.167. The average Bonchev–Trinajstić information content (AvgIpc) is 3.04. The number of halogens is 3. The van der Waals surface area contributed by atoms with Crippen LogP contribution in [0.1, 0.15) is 11.8 Å². The molecule has 0 aliphatic heterocycles. The van der Waals surface area contributed by atoms with Gasteiger partial charge in [-0.2, -0.15) is 0 Å². The van der Waals surface area contributed by atoms with Gasteiger partial charge in [-0.3, -0.25) is 4.72 Å². The molecule has 0 atom stereocenters. The number of aryl methyl sites for hydroxylation is 1. The molecule has 0 spiro atoms. The first-order valence-corrected chi connectivity index (χ1v) is 10.4. The van der Waals surface area contributed by atoms with Gasteiger partial charge in [0.05, 0.1) is 10.6 Å². The van der Waals surface area contributed by atoms with E-state index in [-0.39, 0.29) is 10.0 Å². The Hall–Kier alpha value is -2.59. The molecule has 148 valence electrons. The molecule has 0 bridgehead atoms. The van der Waals surface area contributed by atoms with Crippen LogP contribution in [-0.2, 0) is 16.4 Å². The van der Waals surface area contributed by atoms with E-state index in [4.69, 9.17) is 0 Å². The predicted molar refractivity (Wildman–Crippen MR) is 101 cm³/mol. The van der Waals surface area contributed by atoms with Crippen molar-refractivity contribution in [3.05, 3.63) is 59.5 Å². The van der Waals surface area contributed by atoms with Crippen LogP contribution in [-0.4, -0.2) is 19.8 Å². The smallest absolute Gasteiger partial charge is 0.406 e. The summed E-state index contributed by atoms with van der Waals surface area (Å²) in [5, 5.41) is 0.186. The van der Waals surface area contributed by atoms with Crippen molar-refractivity contribution >= 4 is 26.5 Å². The molecular weight excluding hydrogens is 413 g/mol. The van der Waals surface area contributed by atoms with Crippen LogP contribution in [0.5, 0.6) is 5.75 Å². The van der Waals surface area contributed by atoms with Gasteiger partial charge in [0.25, 0.3) is 10.0 Å². The number of benzene rings is 2. The van der Waals surface area contributed by atoms with Gasteiger partial charge in [0, 0.05) is 10.4 Å². The third kappa shape index (κ3) is 4.82. The summed E-state index contributed by atoms with van der Waals surface area (Å²) < 4.78 is 67.9. The van der Waals surface area contributed by atoms with Crippen molar-refractivity contribution in [3.63, 3.8) is 0 Å². The second kappa shape index (κ2) is 7.80. The maximum absolute atomic E-state index is 12.5. The van der Waals surface area contributed by atoms with Crippen molar-refractivity contribution in [1.82, 2.24) is 4.98 Å². The van der Waals surface area contributed by atoms with Crippen LogP contribution in [0.4, 0.5) is 18.3 Å². The van der Waals surface area contributed by atoms with Crippen LogP contribution < -0.4 is 9.46 Å². The van der Waals surface area contributed by atoms with Gasteiger partial charge in [0.15, 0.2) is 5.13 Å². The van der Waals surface area contributed by atoms with Gasteiger partial charge in [-0.25, -0.2) is 13.4 Å². The third-order valence-electron chi connectivity index (χ3n) is 3.65. The van der Waals surface area contributed by atoms with Gasteiger partial charge in [-0.1, -0.05) is 37.3 Å². The number of alkyl halides is 3. The summed E-state index contributed by atoms with van der Waals surface area (Å²) in [6.07, 6.45) is -4.17. The first-order valence-electron chi connectivity index (χ1n) is 8.11. The molecule has 1 aromatic heterocycles. The normalized spacial score (nSPS) is 12.0.